The zero-order chi connectivity index (χ0) is 21.8. The van der Waals surface area contributed by atoms with Crippen LogP contribution in [0.3, 0.4) is 0 Å². The van der Waals surface area contributed by atoms with E-state index >= 15 is 0 Å². The van der Waals surface area contributed by atoms with Crippen LogP contribution < -0.4 is 15.5 Å². The van der Waals surface area contributed by atoms with Gasteiger partial charge in [-0.25, -0.2) is 4.98 Å². The van der Waals surface area contributed by atoms with Crippen LogP contribution in [-0.4, -0.2) is 42.1 Å². The molecule has 0 unspecified atom stereocenters. The van der Waals surface area contributed by atoms with Gasteiger partial charge in [0.25, 0.3) is 5.91 Å². The van der Waals surface area contributed by atoms with E-state index < -0.39 is 0 Å². The van der Waals surface area contributed by atoms with Crippen molar-refractivity contribution in [1.82, 2.24) is 15.3 Å². The lowest BCUT2D eigenvalue weighted by atomic mass is 9.91. The summed E-state index contributed by atoms with van der Waals surface area (Å²) in [5.41, 5.74) is 1.94. The molecule has 7 nitrogen and oxygen atoms in total. The summed E-state index contributed by atoms with van der Waals surface area (Å²) < 4.78 is 0. The molecule has 2 N–H and O–H groups in total. The SMILES string of the molecule is CN(C)c1nc(NC2CCC(NC(=O)c3cccc(C#N)c3)CC2)nc2ccccc12. The first-order valence-corrected chi connectivity index (χ1v) is 10.5. The van der Waals surface area contributed by atoms with E-state index in [9.17, 15) is 4.79 Å². The summed E-state index contributed by atoms with van der Waals surface area (Å²) >= 11 is 0. The van der Waals surface area contributed by atoms with Crippen molar-refractivity contribution in [2.24, 2.45) is 0 Å². The molecule has 0 radical (unpaired) electrons. The first kappa shape index (κ1) is 20.6. The van der Waals surface area contributed by atoms with E-state index in [-0.39, 0.29) is 18.0 Å². The summed E-state index contributed by atoms with van der Waals surface area (Å²) in [6.45, 7) is 0. The minimum atomic E-state index is -0.123. The van der Waals surface area contributed by atoms with Crippen molar-refractivity contribution in [3.05, 3.63) is 59.7 Å². The van der Waals surface area contributed by atoms with E-state index in [4.69, 9.17) is 15.2 Å². The lowest BCUT2D eigenvalue weighted by molar-refractivity contribution is 0.0926. The second-order valence-corrected chi connectivity index (χ2v) is 8.14. The fraction of sp³-hybridized carbons (Fsp3) is 0.333. The molecule has 1 aromatic heterocycles. The van der Waals surface area contributed by atoms with Crippen molar-refractivity contribution >= 4 is 28.6 Å². The minimum absolute atomic E-state index is 0.123. The van der Waals surface area contributed by atoms with Crippen LogP contribution in [0.1, 0.15) is 41.6 Å². The largest absolute Gasteiger partial charge is 0.362 e. The van der Waals surface area contributed by atoms with Crippen molar-refractivity contribution in [2.75, 3.05) is 24.3 Å². The van der Waals surface area contributed by atoms with Gasteiger partial charge in [0.1, 0.15) is 5.82 Å². The molecule has 0 aliphatic heterocycles. The van der Waals surface area contributed by atoms with E-state index in [1.54, 1.807) is 24.3 Å². The summed E-state index contributed by atoms with van der Waals surface area (Å²) in [6, 6.07) is 17.3. The second-order valence-electron chi connectivity index (χ2n) is 8.14. The van der Waals surface area contributed by atoms with Crippen molar-refractivity contribution in [2.45, 2.75) is 37.8 Å². The normalized spacial score (nSPS) is 18.2. The minimum Gasteiger partial charge on any atom is -0.362 e. The number of nitrogens with zero attached hydrogens (tertiary/aromatic N) is 4. The molecule has 4 rings (SSSR count). The van der Waals surface area contributed by atoms with Crippen LogP contribution in [0.2, 0.25) is 0 Å². The van der Waals surface area contributed by atoms with E-state index in [2.05, 4.69) is 16.7 Å². The molecule has 158 valence electrons. The molecular formula is C24H26N6O. The van der Waals surface area contributed by atoms with Crippen LogP contribution in [0.25, 0.3) is 10.9 Å². The quantitative estimate of drug-likeness (QED) is 0.661. The maximum atomic E-state index is 12.5. The fourth-order valence-electron chi connectivity index (χ4n) is 4.03. The molecule has 0 saturated heterocycles. The first-order valence-electron chi connectivity index (χ1n) is 10.5. The van der Waals surface area contributed by atoms with Gasteiger partial charge in [0.2, 0.25) is 5.95 Å². The molecule has 0 atom stereocenters. The Labute approximate surface area is 182 Å². The van der Waals surface area contributed by atoms with E-state index in [0.29, 0.717) is 17.1 Å². The highest BCUT2D eigenvalue weighted by molar-refractivity contribution is 5.94. The Morgan fingerprint density at radius 2 is 1.77 bits per heavy atom. The zero-order valence-electron chi connectivity index (χ0n) is 17.8. The third-order valence-corrected chi connectivity index (χ3v) is 5.66. The summed E-state index contributed by atoms with van der Waals surface area (Å²) in [7, 11) is 3.97. The topological polar surface area (TPSA) is 93.9 Å². The van der Waals surface area contributed by atoms with Gasteiger partial charge in [-0.05, 0) is 56.0 Å². The number of nitrogens with one attached hydrogen (secondary N) is 2. The van der Waals surface area contributed by atoms with Crippen LogP contribution >= 0.6 is 0 Å². The molecule has 1 amide bonds. The van der Waals surface area contributed by atoms with E-state index in [0.717, 1.165) is 42.4 Å². The molecule has 1 aliphatic carbocycles. The number of benzene rings is 2. The predicted molar refractivity (Wildman–Crippen MR) is 122 cm³/mol. The van der Waals surface area contributed by atoms with Gasteiger partial charge < -0.3 is 15.5 Å². The van der Waals surface area contributed by atoms with Crippen molar-refractivity contribution in [3.8, 4) is 6.07 Å². The molecule has 0 bridgehead atoms. The van der Waals surface area contributed by atoms with Gasteiger partial charge in [0.15, 0.2) is 0 Å². The Bertz CT molecular complexity index is 1130. The number of nitriles is 1. The third kappa shape index (κ3) is 4.75. The van der Waals surface area contributed by atoms with Gasteiger partial charge in [-0.2, -0.15) is 10.2 Å². The maximum Gasteiger partial charge on any atom is 0.251 e. The number of carbonyl (C=O) groups excluding carboxylic acids is 1. The van der Waals surface area contributed by atoms with Crippen LogP contribution in [0, 0.1) is 11.3 Å². The molecule has 1 saturated carbocycles. The highest BCUT2D eigenvalue weighted by atomic mass is 16.1. The fourth-order valence-corrected chi connectivity index (χ4v) is 4.03. The number of anilines is 2. The van der Waals surface area contributed by atoms with Crippen LogP contribution in [-0.2, 0) is 0 Å². The number of fused-ring (bicyclic) bond motifs is 1. The molecule has 3 aromatic rings. The van der Waals surface area contributed by atoms with Gasteiger partial charge in [-0.3, -0.25) is 4.79 Å². The lowest BCUT2D eigenvalue weighted by Crippen LogP contribution is -2.40. The average Bonchev–Trinajstić information content (AvgIpc) is 2.79. The maximum absolute atomic E-state index is 12.5. The number of hydrogen-bond acceptors (Lipinski definition) is 6. The summed E-state index contributed by atoms with van der Waals surface area (Å²) in [5, 5.41) is 16.6. The number of hydrogen-bond donors (Lipinski definition) is 2. The Hall–Kier alpha value is -3.66. The smallest absolute Gasteiger partial charge is 0.251 e. The van der Waals surface area contributed by atoms with Crippen molar-refractivity contribution in [3.63, 3.8) is 0 Å². The third-order valence-electron chi connectivity index (χ3n) is 5.66. The van der Waals surface area contributed by atoms with Gasteiger partial charge in [0.05, 0.1) is 17.1 Å². The van der Waals surface area contributed by atoms with Crippen LogP contribution in [0.4, 0.5) is 11.8 Å². The molecule has 7 heteroatoms. The Morgan fingerprint density at radius 3 is 2.52 bits per heavy atom. The Kier molecular flexibility index (Phi) is 5.99. The van der Waals surface area contributed by atoms with Crippen molar-refractivity contribution < 1.29 is 4.79 Å². The van der Waals surface area contributed by atoms with Crippen LogP contribution in [0.5, 0.6) is 0 Å². The van der Waals surface area contributed by atoms with Gasteiger partial charge in [-0.1, -0.05) is 18.2 Å². The summed E-state index contributed by atoms with van der Waals surface area (Å²) in [4.78, 5) is 23.9. The lowest BCUT2D eigenvalue weighted by Gasteiger charge is -2.30. The summed E-state index contributed by atoms with van der Waals surface area (Å²) in [5.74, 6) is 1.42. The Morgan fingerprint density at radius 1 is 1.03 bits per heavy atom. The molecule has 1 fully saturated rings. The van der Waals surface area contributed by atoms with E-state index in [1.165, 1.54) is 0 Å². The predicted octanol–water partition coefficient (Wildman–Crippen LogP) is 3.72. The molecule has 31 heavy (non-hydrogen) atoms. The van der Waals surface area contributed by atoms with Crippen LogP contribution in [0.15, 0.2) is 48.5 Å². The van der Waals surface area contributed by atoms with Gasteiger partial charge in [0, 0.05) is 37.1 Å². The monoisotopic (exact) mass is 414 g/mol. The number of aromatic nitrogens is 2. The number of para-hydroxylation sites is 1. The molecular weight excluding hydrogens is 388 g/mol. The highest BCUT2D eigenvalue weighted by Crippen LogP contribution is 2.26. The second kappa shape index (κ2) is 9.00. The molecule has 0 spiro atoms. The average molecular weight is 415 g/mol. The summed E-state index contributed by atoms with van der Waals surface area (Å²) in [6.07, 6.45) is 3.62. The highest BCUT2D eigenvalue weighted by Gasteiger charge is 2.24. The number of rotatable bonds is 5. The Balaban J connectivity index is 1.37. The first-order chi connectivity index (χ1) is 15.0. The number of carbonyl (C=O) groups is 1. The van der Waals surface area contributed by atoms with Crippen molar-refractivity contribution in [1.29, 1.82) is 5.26 Å². The van der Waals surface area contributed by atoms with Gasteiger partial charge in [-0.15, -0.1) is 0 Å². The van der Waals surface area contributed by atoms with Gasteiger partial charge >= 0.3 is 0 Å². The molecule has 1 heterocycles. The number of amides is 1. The van der Waals surface area contributed by atoms with E-state index in [1.807, 2.05) is 43.3 Å². The molecule has 1 aliphatic rings. The molecule has 2 aromatic carbocycles. The zero-order valence-corrected chi connectivity index (χ0v) is 17.8. The standard InChI is InChI=1S/C24H26N6O/c1-30(2)22-20-8-3-4-9-21(20)28-24(29-22)27-19-12-10-18(11-13-19)26-23(31)17-7-5-6-16(14-17)15-25/h3-9,14,18-19H,10-13H2,1-2H3,(H,26,31)(H,27,28,29).